The molecular formula is C29H26O13. The molecule has 2 N–H and O–H groups in total. The predicted octanol–water partition coefficient (Wildman–Crippen LogP) is 2.87. The molecule has 2 aromatic rings. The number of carboxylic acids is 2. The number of ether oxygens (including phenoxy) is 4. The third kappa shape index (κ3) is 8.21. The van der Waals surface area contributed by atoms with E-state index in [-0.39, 0.29) is 16.7 Å². The minimum absolute atomic E-state index is 0.0348. The molecular weight excluding hydrogens is 556 g/mol. The molecule has 0 heterocycles. The maximum absolute atomic E-state index is 13.5. The van der Waals surface area contributed by atoms with Crippen LogP contribution in [0.1, 0.15) is 71.2 Å². The molecule has 2 rings (SSSR count). The lowest BCUT2D eigenvalue weighted by Gasteiger charge is -2.18. The van der Waals surface area contributed by atoms with Crippen LogP contribution in [0.25, 0.3) is 0 Å². The van der Waals surface area contributed by atoms with Crippen molar-refractivity contribution >= 4 is 41.6 Å². The van der Waals surface area contributed by atoms with E-state index in [2.05, 4.69) is 13.2 Å². The third-order valence-corrected chi connectivity index (χ3v) is 5.26. The first-order valence-corrected chi connectivity index (χ1v) is 12.0. The highest BCUT2D eigenvalue weighted by Crippen LogP contribution is 2.28. The quantitative estimate of drug-likeness (QED) is 0.108. The third-order valence-electron chi connectivity index (χ3n) is 5.26. The second-order valence-electron chi connectivity index (χ2n) is 8.51. The SMILES string of the molecule is C=C(C)C(=O)OCCOC(=O)c1c(C(=O)c2ccccc2)cc(C(=O)O)c(C(=O)O)c1C(=O)OCCOC(=O)C(=C)C. The topological polar surface area (TPSA) is 197 Å². The Morgan fingerprint density at radius 2 is 1.07 bits per heavy atom. The van der Waals surface area contributed by atoms with Crippen LogP contribution >= 0.6 is 0 Å². The molecule has 0 unspecified atom stereocenters. The fourth-order valence-corrected chi connectivity index (χ4v) is 3.34. The van der Waals surface area contributed by atoms with Crippen LogP contribution in [0.5, 0.6) is 0 Å². The molecule has 42 heavy (non-hydrogen) atoms. The zero-order chi connectivity index (χ0) is 31.6. The van der Waals surface area contributed by atoms with Crippen LogP contribution in [-0.2, 0) is 28.5 Å². The average Bonchev–Trinajstić information content (AvgIpc) is 2.95. The largest absolute Gasteiger partial charge is 0.478 e. The zero-order valence-electron chi connectivity index (χ0n) is 22.6. The number of rotatable bonds is 14. The summed E-state index contributed by atoms with van der Waals surface area (Å²) in [5, 5.41) is 19.6. The normalized spacial score (nSPS) is 10.1. The number of aromatic carboxylic acids is 2. The average molecular weight is 583 g/mol. The van der Waals surface area contributed by atoms with Crippen LogP contribution in [0.3, 0.4) is 0 Å². The van der Waals surface area contributed by atoms with Crippen molar-refractivity contribution in [3.8, 4) is 0 Å². The van der Waals surface area contributed by atoms with Crippen molar-refractivity contribution in [3.05, 3.63) is 94.1 Å². The van der Waals surface area contributed by atoms with Crippen molar-refractivity contribution in [1.82, 2.24) is 0 Å². The molecule has 0 fully saturated rings. The van der Waals surface area contributed by atoms with Crippen molar-refractivity contribution in [2.45, 2.75) is 13.8 Å². The van der Waals surface area contributed by atoms with Gasteiger partial charge in [0.1, 0.15) is 26.4 Å². The number of hydrogen-bond donors (Lipinski definition) is 2. The van der Waals surface area contributed by atoms with Gasteiger partial charge in [0.05, 0.1) is 22.3 Å². The van der Waals surface area contributed by atoms with E-state index in [0.717, 1.165) is 0 Å². The number of carbonyl (C=O) groups is 7. The summed E-state index contributed by atoms with van der Waals surface area (Å²) in [6.07, 6.45) is 0. The first kappa shape index (κ1) is 32.6. The Kier molecular flexibility index (Phi) is 11.4. The second kappa shape index (κ2) is 14.7. The Labute approximate surface area is 238 Å². The number of carboxylic acid groups (broad SMARTS) is 2. The molecule has 0 amide bonds. The van der Waals surface area contributed by atoms with Gasteiger partial charge in [-0.1, -0.05) is 43.5 Å². The first-order chi connectivity index (χ1) is 19.8. The van der Waals surface area contributed by atoms with E-state index < -0.39 is 95.8 Å². The van der Waals surface area contributed by atoms with Gasteiger partial charge in [0.2, 0.25) is 0 Å². The Morgan fingerprint density at radius 3 is 1.50 bits per heavy atom. The summed E-state index contributed by atoms with van der Waals surface area (Å²) in [4.78, 5) is 87.4. The fraction of sp³-hybridized carbons (Fsp3) is 0.207. The summed E-state index contributed by atoms with van der Waals surface area (Å²) in [5.41, 5.74) is -4.73. The van der Waals surface area contributed by atoms with Crippen LogP contribution in [0, 0.1) is 0 Å². The van der Waals surface area contributed by atoms with Gasteiger partial charge in [-0.05, 0) is 19.9 Å². The standard InChI is InChI=1S/C29H26O13/c1-15(2)26(35)39-10-12-41-28(37)21-18(23(30)17-8-6-5-7-9-17)14-19(24(31)32)20(25(33)34)22(21)29(38)42-13-11-40-27(36)16(3)4/h5-9,14H,1,3,10-13H2,2,4H3,(H,31,32)(H,33,34). The Hall–Kier alpha value is -5.59. The maximum Gasteiger partial charge on any atom is 0.340 e. The number of esters is 4. The molecule has 0 spiro atoms. The molecule has 0 bridgehead atoms. The van der Waals surface area contributed by atoms with Crippen molar-refractivity contribution < 1.29 is 62.7 Å². The summed E-state index contributed by atoms with van der Waals surface area (Å²) in [6.45, 7) is 7.34. The summed E-state index contributed by atoms with van der Waals surface area (Å²) in [5.74, 6) is -9.24. The number of carbonyl (C=O) groups excluding carboxylic acids is 5. The summed E-state index contributed by atoms with van der Waals surface area (Å²) in [7, 11) is 0. The Bertz CT molecular complexity index is 1470. The van der Waals surface area contributed by atoms with Crippen LogP contribution in [0.2, 0.25) is 0 Å². The lowest BCUT2D eigenvalue weighted by atomic mass is 9.87. The first-order valence-electron chi connectivity index (χ1n) is 12.0. The van der Waals surface area contributed by atoms with Crippen LogP contribution in [0.15, 0.2) is 60.7 Å². The van der Waals surface area contributed by atoms with E-state index in [1.165, 1.54) is 38.1 Å². The highest BCUT2D eigenvalue weighted by molar-refractivity contribution is 6.22. The van der Waals surface area contributed by atoms with E-state index in [1.54, 1.807) is 6.07 Å². The zero-order valence-corrected chi connectivity index (χ0v) is 22.6. The van der Waals surface area contributed by atoms with Gasteiger partial charge in [-0.2, -0.15) is 0 Å². The van der Waals surface area contributed by atoms with Crippen molar-refractivity contribution in [1.29, 1.82) is 0 Å². The van der Waals surface area contributed by atoms with Gasteiger partial charge in [0, 0.05) is 22.3 Å². The van der Waals surface area contributed by atoms with Gasteiger partial charge >= 0.3 is 35.8 Å². The van der Waals surface area contributed by atoms with Gasteiger partial charge in [-0.15, -0.1) is 0 Å². The number of benzene rings is 2. The molecule has 0 aliphatic rings. The number of hydrogen-bond acceptors (Lipinski definition) is 11. The van der Waals surface area contributed by atoms with E-state index >= 15 is 0 Å². The lowest BCUT2D eigenvalue weighted by molar-refractivity contribution is -0.140. The van der Waals surface area contributed by atoms with E-state index in [0.29, 0.717) is 6.07 Å². The minimum atomic E-state index is -1.93. The predicted molar refractivity (Wildman–Crippen MR) is 142 cm³/mol. The Morgan fingerprint density at radius 1 is 0.619 bits per heavy atom. The van der Waals surface area contributed by atoms with Gasteiger partial charge in [0.25, 0.3) is 0 Å². The molecule has 0 saturated heterocycles. The van der Waals surface area contributed by atoms with Gasteiger partial charge < -0.3 is 29.2 Å². The molecule has 0 saturated carbocycles. The smallest absolute Gasteiger partial charge is 0.340 e. The van der Waals surface area contributed by atoms with Gasteiger partial charge in [0.15, 0.2) is 5.78 Å². The summed E-state index contributed by atoms with van der Waals surface area (Å²) in [6, 6.07) is 7.86. The van der Waals surface area contributed by atoms with Crippen molar-refractivity contribution in [2.24, 2.45) is 0 Å². The van der Waals surface area contributed by atoms with Crippen molar-refractivity contribution in [3.63, 3.8) is 0 Å². The minimum Gasteiger partial charge on any atom is -0.478 e. The highest BCUT2D eigenvalue weighted by Gasteiger charge is 2.36. The molecule has 2 aromatic carbocycles. The molecule has 220 valence electrons. The fourth-order valence-electron chi connectivity index (χ4n) is 3.34. The van der Waals surface area contributed by atoms with E-state index in [9.17, 15) is 43.8 Å². The van der Waals surface area contributed by atoms with Crippen LogP contribution < -0.4 is 0 Å². The lowest BCUT2D eigenvalue weighted by Crippen LogP contribution is -2.26. The maximum atomic E-state index is 13.5. The summed E-state index contributed by atoms with van der Waals surface area (Å²) < 4.78 is 19.7. The number of ketones is 1. The van der Waals surface area contributed by atoms with Gasteiger partial charge in [-0.3, -0.25) is 4.79 Å². The highest BCUT2D eigenvalue weighted by atomic mass is 16.6. The van der Waals surface area contributed by atoms with Crippen LogP contribution in [-0.4, -0.2) is 78.2 Å². The van der Waals surface area contributed by atoms with Crippen LogP contribution in [0.4, 0.5) is 0 Å². The molecule has 0 atom stereocenters. The molecule has 13 nitrogen and oxygen atoms in total. The summed E-state index contributed by atoms with van der Waals surface area (Å²) >= 11 is 0. The van der Waals surface area contributed by atoms with E-state index in [1.807, 2.05) is 0 Å². The second-order valence-corrected chi connectivity index (χ2v) is 8.51. The molecule has 13 heteroatoms. The van der Waals surface area contributed by atoms with Gasteiger partial charge in [-0.25, -0.2) is 28.8 Å². The molecule has 0 aliphatic heterocycles. The molecule has 0 aliphatic carbocycles. The molecule has 0 aromatic heterocycles. The molecule has 0 radical (unpaired) electrons. The monoisotopic (exact) mass is 582 g/mol. The van der Waals surface area contributed by atoms with Crippen molar-refractivity contribution in [2.75, 3.05) is 26.4 Å². The van der Waals surface area contributed by atoms with E-state index in [4.69, 9.17) is 18.9 Å². The Balaban J connectivity index is 2.66.